The van der Waals surface area contributed by atoms with Crippen molar-refractivity contribution in [3.8, 4) is 11.5 Å². The molecule has 0 aliphatic carbocycles. The number of ether oxygens (including phenoxy) is 2. The van der Waals surface area contributed by atoms with Crippen LogP contribution in [0.1, 0.15) is 34.1 Å². The number of para-hydroxylation sites is 1. The van der Waals surface area contributed by atoms with Gasteiger partial charge in [-0.2, -0.15) is 0 Å². The van der Waals surface area contributed by atoms with Crippen molar-refractivity contribution in [1.29, 1.82) is 0 Å². The van der Waals surface area contributed by atoms with Crippen LogP contribution in [0.15, 0.2) is 18.2 Å². The summed E-state index contributed by atoms with van der Waals surface area (Å²) in [7, 11) is 0. The predicted molar refractivity (Wildman–Crippen MR) is 71.6 cm³/mol. The van der Waals surface area contributed by atoms with Gasteiger partial charge in [0.25, 0.3) is 0 Å². The molecule has 0 bridgehead atoms. The molecule has 1 aromatic rings. The summed E-state index contributed by atoms with van der Waals surface area (Å²) in [6.07, 6.45) is 1.17. The molecular formula is C14H23NO2. The van der Waals surface area contributed by atoms with Crippen LogP contribution in [0.5, 0.6) is 11.5 Å². The molecule has 2 N–H and O–H groups in total. The van der Waals surface area contributed by atoms with E-state index in [2.05, 4.69) is 20.8 Å². The summed E-state index contributed by atoms with van der Waals surface area (Å²) in [5, 5.41) is 0. The zero-order chi connectivity index (χ0) is 12.8. The van der Waals surface area contributed by atoms with Gasteiger partial charge >= 0.3 is 0 Å². The van der Waals surface area contributed by atoms with Gasteiger partial charge < -0.3 is 15.2 Å². The van der Waals surface area contributed by atoms with Gasteiger partial charge in [-0.05, 0) is 38.3 Å². The molecule has 3 nitrogen and oxygen atoms in total. The molecule has 96 valence electrons. The number of nitrogen functional groups attached to an aromatic ring is 1. The average molecular weight is 237 g/mol. The number of rotatable bonds is 6. The van der Waals surface area contributed by atoms with E-state index >= 15 is 0 Å². The molecule has 0 radical (unpaired) electrons. The van der Waals surface area contributed by atoms with E-state index in [1.807, 2.05) is 25.1 Å². The van der Waals surface area contributed by atoms with Crippen LogP contribution in [0, 0.1) is 5.92 Å². The number of anilines is 1. The molecule has 0 heterocycles. The summed E-state index contributed by atoms with van der Waals surface area (Å²) < 4.78 is 11.3. The van der Waals surface area contributed by atoms with Crippen molar-refractivity contribution in [2.75, 3.05) is 12.3 Å². The van der Waals surface area contributed by atoms with Crippen molar-refractivity contribution in [3.05, 3.63) is 18.2 Å². The van der Waals surface area contributed by atoms with Crippen molar-refractivity contribution >= 4 is 5.69 Å². The van der Waals surface area contributed by atoms with Crippen molar-refractivity contribution in [2.45, 2.75) is 40.2 Å². The molecule has 0 aromatic heterocycles. The molecular weight excluding hydrogens is 214 g/mol. The Morgan fingerprint density at radius 2 is 1.82 bits per heavy atom. The van der Waals surface area contributed by atoms with Gasteiger partial charge in [-0.1, -0.05) is 19.9 Å². The van der Waals surface area contributed by atoms with Crippen LogP contribution in [0.2, 0.25) is 0 Å². The number of hydrogen-bond donors (Lipinski definition) is 1. The predicted octanol–water partition coefficient (Wildman–Crippen LogP) is 3.48. The summed E-state index contributed by atoms with van der Waals surface area (Å²) in [6.45, 7) is 8.97. The average Bonchev–Trinajstić information content (AvgIpc) is 2.23. The third kappa shape index (κ3) is 4.17. The topological polar surface area (TPSA) is 44.5 Å². The fraction of sp³-hybridized carbons (Fsp3) is 0.571. The Hall–Kier alpha value is -1.38. The minimum absolute atomic E-state index is 0.161. The Kier molecular flexibility index (Phi) is 5.13. The number of benzene rings is 1. The minimum atomic E-state index is 0.161. The Bertz CT molecular complexity index is 350. The highest BCUT2D eigenvalue weighted by Crippen LogP contribution is 2.32. The van der Waals surface area contributed by atoms with E-state index in [4.69, 9.17) is 15.2 Å². The zero-order valence-electron chi connectivity index (χ0n) is 11.2. The summed E-state index contributed by atoms with van der Waals surface area (Å²) in [5.74, 6) is 2.02. The molecule has 0 fully saturated rings. The van der Waals surface area contributed by atoms with Gasteiger partial charge in [-0.3, -0.25) is 0 Å². The zero-order valence-corrected chi connectivity index (χ0v) is 11.2. The van der Waals surface area contributed by atoms with E-state index in [1.165, 1.54) is 0 Å². The maximum absolute atomic E-state index is 6.00. The number of hydrogen-bond acceptors (Lipinski definition) is 3. The summed E-state index contributed by atoms with van der Waals surface area (Å²) in [6, 6.07) is 5.65. The van der Waals surface area contributed by atoms with Crippen LogP contribution in [0.3, 0.4) is 0 Å². The van der Waals surface area contributed by atoms with E-state index < -0.39 is 0 Å². The lowest BCUT2D eigenvalue weighted by atomic mass is 10.1. The van der Waals surface area contributed by atoms with E-state index in [0.29, 0.717) is 29.7 Å². The van der Waals surface area contributed by atoms with E-state index in [-0.39, 0.29) is 6.10 Å². The second kappa shape index (κ2) is 6.38. The van der Waals surface area contributed by atoms with E-state index in [0.717, 1.165) is 6.42 Å². The Morgan fingerprint density at radius 1 is 1.18 bits per heavy atom. The van der Waals surface area contributed by atoms with E-state index in [9.17, 15) is 0 Å². The molecule has 0 saturated heterocycles. The summed E-state index contributed by atoms with van der Waals surface area (Å²) >= 11 is 0. The summed E-state index contributed by atoms with van der Waals surface area (Å²) in [5.41, 5.74) is 6.59. The van der Waals surface area contributed by atoms with Crippen LogP contribution >= 0.6 is 0 Å². The molecule has 0 amide bonds. The molecule has 17 heavy (non-hydrogen) atoms. The molecule has 0 aliphatic heterocycles. The standard InChI is InChI=1S/C14H23NO2/c1-5-16-12-7-6-8-13(14(12)15)17-11(4)9-10(2)3/h6-8,10-11H,5,9,15H2,1-4H3. The molecule has 1 atom stereocenters. The van der Waals surface area contributed by atoms with Gasteiger partial charge in [-0.15, -0.1) is 0 Å². The van der Waals surface area contributed by atoms with Crippen molar-refractivity contribution in [3.63, 3.8) is 0 Å². The second-order valence-electron chi connectivity index (χ2n) is 4.66. The fourth-order valence-electron chi connectivity index (χ4n) is 1.84. The van der Waals surface area contributed by atoms with Crippen LogP contribution in [0.4, 0.5) is 5.69 Å². The van der Waals surface area contributed by atoms with Gasteiger partial charge in [0.1, 0.15) is 17.2 Å². The SMILES string of the molecule is CCOc1cccc(OC(C)CC(C)C)c1N. The maximum atomic E-state index is 6.00. The molecule has 3 heteroatoms. The van der Waals surface area contributed by atoms with Gasteiger partial charge in [0.15, 0.2) is 0 Å². The van der Waals surface area contributed by atoms with Gasteiger partial charge in [-0.25, -0.2) is 0 Å². The monoisotopic (exact) mass is 237 g/mol. The lowest BCUT2D eigenvalue weighted by Crippen LogP contribution is -2.15. The number of nitrogens with two attached hydrogens (primary N) is 1. The quantitative estimate of drug-likeness (QED) is 0.770. The van der Waals surface area contributed by atoms with Crippen molar-refractivity contribution in [2.24, 2.45) is 5.92 Å². The largest absolute Gasteiger partial charge is 0.492 e. The first-order valence-corrected chi connectivity index (χ1v) is 6.22. The molecule has 0 saturated carbocycles. The minimum Gasteiger partial charge on any atom is -0.492 e. The molecule has 1 rings (SSSR count). The lowest BCUT2D eigenvalue weighted by molar-refractivity contribution is 0.193. The van der Waals surface area contributed by atoms with Crippen LogP contribution in [0.25, 0.3) is 0 Å². The second-order valence-corrected chi connectivity index (χ2v) is 4.66. The van der Waals surface area contributed by atoms with Crippen molar-refractivity contribution < 1.29 is 9.47 Å². The molecule has 1 aromatic carbocycles. The lowest BCUT2D eigenvalue weighted by Gasteiger charge is -2.19. The first-order valence-electron chi connectivity index (χ1n) is 6.22. The van der Waals surface area contributed by atoms with Crippen LogP contribution < -0.4 is 15.2 Å². The van der Waals surface area contributed by atoms with Gasteiger partial charge in [0, 0.05) is 0 Å². The third-order valence-corrected chi connectivity index (χ3v) is 2.46. The molecule has 0 aliphatic rings. The molecule has 1 unspecified atom stereocenters. The smallest absolute Gasteiger partial charge is 0.146 e. The van der Waals surface area contributed by atoms with Crippen LogP contribution in [-0.4, -0.2) is 12.7 Å². The Balaban J connectivity index is 2.73. The summed E-state index contributed by atoms with van der Waals surface area (Å²) in [4.78, 5) is 0. The van der Waals surface area contributed by atoms with Crippen LogP contribution in [-0.2, 0) is 0 Å². The molecule has 0 spiro atoms. The third-order valence-electron chi connectivity index (χ3n) is 2.46. The maximum Gasteiger partial charge on any atom is 0.146 e. The van der Waals surface area contributed by atoms with Gasteiger partial charge in [0.05, 0.1) is 12.7 Å². The first kappa shape index (κ1) is 13.7. The Labute approximate surface area is 104 Å². The van der Waals surface area contributed by atoms with Gasteiger partial charge in [0.2, 0.25) is 0 Å². The highest BCUT2D eigenvalue weighted by Gasteiger charge is 2.11. The highest BCUT2D eigenvalue weighted by molar-refractivity contribution is 5.62. The fourth-order valence-corrected chi connectivity index (χ4v) is 1.84. The highest BCUT2D eigenvalue weighted by atomic mass is 16.5. The van der Waals surface area contributed by atoms with Crippen molar-refractivity contribution in [1.82, 2.24) is 0 Å². The first-order chi connectivity index (χ1) is 8.04. The normalized spacial score (nSPS) is 12.5. The Morgan fingerprint density at radius 3 is 2.41 bits per heavy atom. The van der Waals surface area contributed by atoms with E-state index in [1.54, 1.807) is 0 Å².